The molecule has 2 N–H and O–H groups in total. The lowest BCUT2D eigenvalue weighted by Crippen LogP contribution is -2.43. The van der Waals surface area contributed by atoms with E-state index in [2.05, 4.69) is 10.7 Å². The average Bonchev–Trinajstić information content (AvgIpc) is 3.15. The molecule has 3 rings (SSSR count). The van der Waals surface area contributed by atoms with Crippen molar-refractivity contribution in [2.45, 2.75) is 13.3 Å². The van der Waals surface area contributed by atoms with Gasteiger partial charge in [-0.15, -0.1) is 0 Å². The second-order valence-corrected chi connectivity index (χ2v) is 8.20. The van der Waals surface area contributed by atoms with Gasteiger partial charge < -0.3 is 10.1 Å². The molecule has 2 aromatic carbocycles. The molecule has 34 heavy (non-hydrogen) atoms. The number of nitro groups is 1. The van der Waals surface area contributed by atoms with Gasteiger partial charge in [0.05, 0.1) is 27.4 Å². The molecular weight excluding hydrogens is 491 g/mol. The van der Waals surface area contributed by atoms with Crippen LogP contribution in [0, 0.1) is 23.0 Å². The maximum Gasteiger partial charge on any atom is 0.311 e. The highest BCUT2D eigenvalue weighted by atomic mass is 35.5. The molecule has 11 nitrogen and oxygen atoms in total. The number of nitrogens with zero attached hydrogens (tertiary/aromatic N) is 2. The largest absolute Gasteiger partial charge is 0.455 e. The summed E-state index contributed by atoms with van der Waals surface area (Å²) in [5.41, 5.74) is 3.00. The number of benzene rings is 2. The van der Waals surface area contributed by atoms with Crippen LogP contribution in [0.4, 0.5) is 11.4 Å². The number of hydrazine groups is 1. The normalized spacial score (nSPS) is 15.1. The van der Waals surface area contributed by atoms with Crippen molar-refractivity contribution in [2.24, 2.45) is 5.92 Å². The third-order valence-corrected chi connectivity index (χ3v) is 5.65. The Balaban J connectivity index is 1.51. The van der Waals surface area contributed by atoms with E-state index < -0.39 is 41.1 Å². The number of carbonyl (C=O) groups excluding carboxylic acids is 4. The first kappa shape index (κ1) is 24.9. The molecule has 3 amide bonds. The van der Waals surface area contributed by atoms with Crippen LogP contribution in [0.25, 0.3) is 0 Å². The summed E-state index contributed by atoms with van der Waals surface area (Å²) in [6, 6.07) is 8.35. The van der Waals surface area contributed by atoms with E-state index in [1.165, 1.54) is 36.4 Å². The molecule has 2 aromatic rings. The molecule has 0 aromatic heterocycles. The third-order valence-electron chi connectivity index (χ3n) is 4.91. The van der Waals surface area contributed by atoms with Crippen molar-refractivity contribution in [2.75, 3.05) is 18.5 Å². The number of nitrogens with one attached hydrogen (secondary N) is 2. The molecule has 13 heteroatoms. The summed E-state index contributed by atoms with van der Waals surface area (Å²) in [7, 11) is 0. The van der Waals surface area contributed by atoms with Gasteiger partial charge in [-0.2, -0.15) is 0 Å². The lowest BCUT2D eigenvalue weighted by Gasteiger charge is -2.17. The third kappa shape index (κ3) is 6.00. The predicted octanol–water partition coefficient (Wildman–Crippen LogP) is 2.89. The van der Waals surface area contributed by atoms with Gasteiger partial charge in [-0.3, -0.25) is 39.7 Å². The fourth-order valence-corrected chi connectivity index (χ4v) is 3.43. The maximum atomic E-state index is 12.3. The minimum atomic E-state index is -0.894. The minimum Gasteiger partial charge on any atom is -0.455 e. The van der Waals surface area contributed by atoms with Gasteiger partial charge in [0, 0.05) is 29.3 Å². The zero-order valence-corrected chi connectivity index (χ0v) is 19.2. The fraction of sp³-hybridized carbons (Fsp3) is 0.238. The Kier molecular flexibility index (Phi) is 7.69. The molecule has 0 spiro atoms. The van der Waals surface area contributed by atoms with Crippen molar-refractivity contribution in [3.8, 4) is 0 Å². The highest BCUT2D eigenvalue weighted by molar-refractivity contribution is 6.42. The summed E-state index contributed by atoms with van der Waals surface area (Å²) in [4.78, 5) is 59.3. The molecule has 0 bridgehead atoms. The summed E-state index contributed by atoms with van der Waals surface area (Å²) < 4.78 is 4.97. The molecule has 1 saturated heterocycles. The van der Waals surface area contributed by atoms with Crippen molar-refractivity contribution in [3.05, 3.63) is 67.7 Å². The van der Waals surface area contributed by atoms with Crippen LogP contribution in [0.15, 0.2) is 36.4 Å². The monoisotopic (exact) mass is 508 g/mol. The smallest absolute Gasteiger partial charge is 0.311 e. The summed E-state index contributed by atoms with van der Waals surface area (Å²) in [6.07, 6.45) is -0.216. The van der Waals surface area contributed by atoms with Gasteiger partial charge >= 0.3 is 5.97 Å². The molecule has 1 atom stereocenters. The number of hydrogen-bond donors (Lipinski definition) is 2. The van der Waals surface area contributed by atoms with E-state index in [0.29, 0.717) is 5.56 Å². The number of anilines is 1. The number of esters is 1. The zero-order valence-electron chi connectivity index (χ0n) is 17.7. The highest BCUT2D eigenvalue weighted by Gasteiger charge is 2.36. The Morgan fingerprint density at radius 2 is 1.91 bits per heavy atom. The zero-order chi connectivity index (χ0) is 25.0. The van der Waals surface area contributed by atoms with Crippen LogP contribution in [0.2, 0.25) is 10.0 Å². The highest BCUT2D eigenvalue weighted by Crippen LogP contribution is 2.24. The Hall–Kier alpha value is -3.70. The molecule has 0 radical (unpaired) electrons. The number of hydrogen-bond acceptors (Lipinski definition) is 7. The number of halogens is 2. The van der Waals surface area contributed by atoms with Crippen LogP contribution >= 0.6 is 23.2 Å². The summed E-state index contributed by atoms with van der Waals surface area (Å²) in [6.45, 7) is 0.766. The van der Waals surface area contributed by atoms with Crippen LogP contribution in [-0.2, 0) is 19.1 Å². The van der Waals surface area contributed by atoms with Gasteiger partial charge in [0.15, 0.2) is 6.61 Å². The quantitative estimate of drug-likeness (QED) is 0.331. The van der Waals surface area contributed by atoms with Gasteiger partial charge in [-0.1, -0.05) is 29.3 Å². The van der Waals surface area contributed by atoms with Gasteiger partial charge in [-0.05, 0) is 31.2 Å². The Labute approximate surface area is 203 Å². The van der Waals surface area contributed by atoms with E-state index in [-0.39, 0.29) is 39.9 Å². The number of rotatable bonds is 7. The summed E-state index contributed by atoms with van der Waals surface area (Å²) >= 11 is 11.7. The molecule has 1 aliphatic heterocycles. The lowest BCUT2D eigenvalue weighted by molar-refractivity contribution is -0.385. The SMILES string of the molecule is Cc1ccc(NC(=O)COC(=O)[C@H]2CC(=O)N(NC(=O)c3ccc(Cl)c(Cl)c3)C2)cc1[N+](=O)[O-]. The van der Waals surface area contributed by atoms with Crippen LogP contribution in [-0.4, -0.2) is 46.8 Å². The second-order valence-electron chi connectivity index (χ2n) is 7.39. The molecule has 0 unspecified atom stereocenters. The van der Waals surface area contributed by atoms with E-state index in [1.54, 1.807) is 6.92 Å². The molecule has 0 saturated carbocycles. The van der Waals surface area contributed by atoms with Crippen LogP contribution in [0.5, 0.6) is 0 Å². The molecule has 1 heterocycles. The Morgan fingerprint density at radius 1 is 1.18 bits per heavy atom. The van der Waals surface area contributed by atoms with E-state index in [9.17, 15) is 29.3 Å². The van der Waals surface area contributed by atoms with Gasteiger partial charge in [0.2, 0.25) is 5.91 Å². The summed E-state index contributed by atoms with van der Waals surface area (Å²) in [5.74, 6) is -3.53. The van der Waals surface area contributed by atoms with Gasteiger partial charge in [-0.25, -0.2) is 0 Å². The van der Waals surface area contributed by atoms with Crippen LogP contribution in [0.1, 0.15) is 22.3 Å². The van der Waals surface area contributed by atoms with Crippen molar-refractivity contribution >= 4 is 58.3 Å². The molecule has 178 valence electrons. The number of aryl methyl sites for hydroxylation is 1. The van der Waals surface area contributed by atoms with Crippen molar-refractivity contribution in [3.63, 3.8) is 0 Å². The van der Waals surface area contributed by atoms with Gasteiger partial charge in [0.25, 0.3) is 17.5 Å². The first-order valence-corrected chi connectivity index (χ1v) is 10.6. The van der Waals surface area contributed by atoms with E-state index in [4.69, 9.17) is 27.9 Å². The predicted molar refractivity (Wildman–Crippen MR) is 121 cm³/mol. The second kappa shape index (κ2) is 10.5. The van der Waals surface area contributed by atoms with E-state index >= 15 is 0 Å². The number of nitro benzene ring substituents is 1. The topological polar surface area (TPSA) is 148 Å². The average molecular weight is 509 g/mol. The fourth-order valence-electron chi connectivity index (χ4n) is 3.13. The number of ether oxygens (including phenoxy) is 1. The minimum absolute atomic E-state index is 0.142. The number of carbonyl (C=O) groups is 4. The van der Waals surface area contributed by atoms with E-state index in [0.717, 1.165) is 5.01 Å². The van der Waals surface area contributed by atoms with Crippen molar-refractivity contribution in [1.29, 1.82) is 0 Å². The summed E-state index contributed by atoms with van der Waals surface area (Å²) in [5, 5.41) is 14.8. The molecular formula is C21H18Cl2N4O7. The Bertz CT molecular complexity index is 1190. The van der Waals surface area contributed by atoms with Gasteiger partial charge in [0.1, 0.15) is 0 Å². The number of amides is 3. The van der Waals surface area contributed by atoms with Crippen molar-refractivity contribution < 1.29 is 28.8 Å². The van der Waals surface area contributed by atoms with Crippen molar-refractivity contribution in [1.82, 2.24) is 10.4 Å². The van der Waals surface area contributed by atoms with Crippen LogP contribution < -0.4 is 10.7 Å². The maximum absolute atomic E-state index is 12.3. The van der Waals surface area contributed by atoms with E-state index in [1.807, 2.05) is 0 Å². The van der Waals surface area contributed by atoms with Crippen LogP contribution in [0.3, 0.4) is 0 Å². The molecule has 1 fully saturated rings. The Morgan fingerprint density at radius 3 is 2.59 bits per heavy atom. The first-order chi connectivity index (χ1) is 16.0. The molecule has 1 aliphatic rings. The molecule has 0 aliphatic carbocycles. The standard InChI is InChI=1S/C21H18Cl2N4O7/c1-11-2-4-14(8-17(11)27(32)33)24-18(28)10-34-21(31)13-7-19(29)26(9-13)25-20(30)12-3-5-15(22)16(23)6-12/h2-6,8,13H,7,9-10H2,1H3,(H,24,28)(H,25,30)/t13-/m0/s1. The lowest BCUT2D eigenvalue weighted by atomic mass is 10.1. The first-order valence-electron chi connectivity index (χ1n) is 9.83.